The van der Waals surface area contributed by atoms with Crippen LogP contribution in [0.3, 0.4) is 0 Å². The number of thioether (sulfide) groups is 1. The molecule has 3 rings (SSSR count). The fourth-order valence-electron chi connectivity index (χ4n) is 6.08. The third-order valence-electron chi connectivity index (χ3n) is 9.38. The van der Waals surface area contributed by atoms with Crippen LogP contribution in [0.1, 0.15) is 30.4 Å². The van der Waals surface area contributed by atoms with Crippen LogP contribution in [0.5, 0.6) is 5.75 Å². The molecular formula is C39H55N11O11S. The smallest absolute Gasteiger partial charge is 0.326 e. The van der Waals surface area contributed by atoms with Crippen molar-refractivity contribution in [2.24, 2.45) is 22.2 Å². The van der Waals surface area contributed by atoms with Crippen LogP contribution in [0, 0.1) is 0 Å². The van der Waals surface area contributed by atoms with Crippen molar-refractivity contribution >= 4 is 70.0 Å². The number of hydrogen-bond donors (Lipinski definition) is 14. The Morgan fingerprint density at radius 2 is 1.24 bits per heavy atom. The van der Waals surface area contributed by atoms with Crippen molar-refractivity contribution in [1.82, 2.24) is 36.9 Å². The summed E-state index contributed by atoms with van der Waals surface area (Å²) in [4.78, 5) is 99.3. The van der Waals surface area contributed by atoms with Gasteiger partial charge in [-0.25, -0.2) is 4.79 Å². The van der Waals surface area contributed by atoms with Gasteiger partial charge in [0.2, 0.25) is 35.4 Å². The molecule has 0 aliphatic heterocycles. The molecule has 0 unspecified atom stereocenters. The van der Waals surface area contributed by atoms with Gasteiger partial charge in [-0.1, -0.05) is 30.3 Å². The van der Waals surface area contributed by atoms with Gasteiger partial charge in [0.1, 0.15) is 42.0 Å². The van der Waals surface area contributed by atoms with Gasteiger partial charge < -0.3 is 74.5 Å². The number of aliphatic imine (C=N–C) groups is 1. The number of phenols is 1. The number of aromatic hydroxyl groups is 1. The molecule has 0 saturated carbocycles. The van der Waals surface area contributed by atoms with E-state index in [0.717, 1.165) is 10.9 Å². The first kappa shape index (κ1) is 49.9. The van der Waals surface area contributed by atoms with Crippen LogP contribution < -0.4 is 49.1 Å². The molecule has 6 amide bonds. The maximum atomic E-state index is 14.2. The largest absolute Gasteiger partial charge is 0.508 e. The van der Waals surface area contributed by atoms with E-state index in [1.807, 2.05) is 0 Å². The van der Waals surface area contributed by atoms with Crippen molar-refractivity contribution in [3.63, 3.8) is 0 Å². The lowest BCUT2D eigenvalue weighted by Gasteiger charge is -2.27. The van der Waals surface area contributed by atoms with E-state index in [1.165, 1.54) is 36.0 Å². The van der Waals surface area contributed by atoms with Crippen LogP contribution in [-0.2, 0) is 46.4 Å². The minimum absolute atomic E-state index is 0.0380. The molecule has 22 nitrogen and oxygen atoms in total. The van der Waals surface area contributed by atoms with E-state index in [9.17, 15) is 54.0 Å². The fraction of sp³-hybridized carbons (Fsp3) is 0.436. The Labute approximate surface area is 360 Å². The quantitative estimate of drug-likeness (QED) is 0.0210. The number of carboxylic acids is 1. The maximum Gasteiger partial charge on any atom is 0.326 e. The molecule has 0 radical (unpaired) electrons. The number of aliphatic carboxylic acids is 1. The third kappa shape index (κ3) is 15.9. The Hall–Kier alpha value is -6.43. The number of fused-ring (bicyclic) bond motifs is 1. The highest BCUT2D eigenvalue weighted by molar-refractivity contribution is 7.98. The van der Waals surface area contributed by atoms with E-state index in [1.54, 1.807) is 36.7 Å². The van der Waals surface area contributed by atoms with Gasteiger partial charge in [-0.2, -0.15) is 11.8 Å². The number of para-hydroxylation sites is 1. The molecule has 6 atom stereocenters. The number of carboxylic acid groups (broad SMARTS) is 1. The van der Waals surface area contributed by atoms with Crippen LogP contribution in [0.4, 0.5) is 0 Å². The predicted octanol–water partition coefficient (Wildman–Crippen LogP) is -3.60. The summed E-state index contributed by atoms with van der Waals surface area (Å²) in [6.07, 6.45) is 3.23. The van der Waals surface area contributed by atoms with Gasteiger partial charge in [0, 0.05) is 36.5 Å². The Balaban J connectivity index is 1.88. The van der Waals surface area contributed by atoms with Gasteiger partial charge in [-0.15, -0.1) is 0 Å². The first-order valence-corrected chi connectivity index (χ1v) is 20.8. The van der Waals surface area contributed by atoms with Crippen molar-refractivity contribution in [2.45, 2.75) is 68.4 Å². The number of aliphatic hydroxyl groups is 2. The van der Waals surface area contributed by atoms with Crippen LogP contribution in [0.2, 0.25) is 0 Å². The summed E-state index contributed by atoms with van der Waals surface area (Å²) in [5.41, 5.74) is 17.7. The molecule has 0 saturated heterocycles. The molecule has 0 fully saturated rings. The van der Waals surface area contributed by atoms with Gasteiger partial charge in [0.05, 0.1) is 19.8 Å². The minimum atomic E-state index is -1.68. The Kier molecular flexibility index (Phi) is 20.4. The van der Waals surface area contributed by atoms with E-state index in [-0.39, 0.29) is 50.4 Å². The average molecular weight is 886 g/mol. The van der Waals surface area contributed by atoms with E-state index in [0.29, 0.717) is 16.9 Å². The number of carbonyl (C=O) groups excluding carboxylic acids is 6. The molecular weight excluding hydrogens is 831 g/mol. The summed E-state index contributed by atoms with van der Waals surface area (Å²) in [6.45, 7) is -2.17. The number of carbonyl (C=O) groups is 7. The summed E-state index contributed by atoms with van der Waals surface area (Å²) in [6, 6.07) is 4.07. The molecule has 17 N–H and O–H groups in total. The number of nitrogens with zero attached hydrogens (tertiary/aromatic N) is 1. The maximum absolute atomic E-state index is 14.2. The predicted molar refractivity (Wildman–Crippen MR) is 229 cm³/mol. The van der Waals surface area contributed by atoms with Gasteiger partial charge in [0.15, 0.2) is 5.96 Å². The van der Waals surface area contributed by atoms with Crippen LogP contribution >= 0.6 is 11.8 Å². The lowest BCUT2D eigenvalue weighted by atomic mass is 10.0. The molecule has 0 spiro atoms. The highest BCUT2D eigenvalue weighted by Crippen LogP contribution is 2.20. The van der Waals surface area contributed by atoms with Crippen molar-refractivity contribution in [3.8, 4) is 5.75 Å². The van der Waals surface area contributed by atoms with E-state index >= 15 is 0 Å². The number of aromatic nitrogens is 1. The molecule has 0 aliphatic carbocycles. The monoisotopic (exact) mass is 885 g/mol. The van der Waals surface area contributed by atoms with E-state index in [4.69, 9.17) is 17.2 Å². The van der Waals surface area contributed by atoms with E-state index < -0.39 is 97.4 Å². The number of nitrogens with one attached hydrogen (secondary N) is 7. The van der Waals surface area contributed by atoms with Crippen molar-refractivity contribution in [3.05, 3.63) is 65.9 Å². The van der Waals surface area contributed by atoms with Gasteiger partial charge in [0.25, 0.3) is 0 Å². The van der Waals surface area contributed by atoms with Gasteiger partial charge in [-0.3, -0.25) is 33.8 Å². The molecule has 2 aromatic carbocycles. The summed E-state index contributed by atoms with van der Waals surface area (Å²) in [5, 5.41) is 55.2. The molecule has 1 aromatic heterocycles. The van der Waals surface area contributed by atoms with Crippen LogP contribution in [0.15, 0.2) is 59.7 Å². The summed E-state index contributed by atoms with van der Waals surface area (Å²) < 4.78 is 0. The summed E-state index contributed by atoms with van der Waals surface area (Å²) >= 11 is 1.34. The second kappa shape index (κ2) is 25.4. The standard InChI is InChI=1S/C39H55N11O11S/c1-62-14-12-26(33(55)47-27(38(60)61)7-4-13-43-39(41)42)46-37(59)31(20-52)50-34(56)28(15-21-8-10-23(53)11-9-21)48-35(57)29(49-36(58)30(19-51)45-32(54)17-40)16-22-18-44-25-6-3-2-5-24(22)25/h2-3,5-6,8-11,18,26-31,44,51-53H,4,7,12-17,19-20,40H2,1H3,(H,45,54)(H,46,59)(H,47,55)(H,48,57)(H,49,58)(H,50,56)(H,60,61)(H4,41,42,43)/t26-,27-,28-,29-,30-,31-/m0/s1. The van der Waals surface area contributed by atoms with Gasteiger partial charge in [-0.05, 0) is 60.6 Å². The number of benzene rings is 2. The molecule has 1 heterocycles. The number of H-pyrrole nitrogens is 1. The number of aromatic amines is 1. The third-order valence-corrected chi connectivity index (χ3v) is 10.0. The first-order chi connectivity index (χ1) is 29.6. The molecule has 23 heteroatoms. The topological polar surface area (TPSA) is 379 Å². The summed E-state index contributed by atoms with van der Waals surface area (Å²) in [5.74, 6) is -6.65. The fourth-order valence-corrected chi connectivity index (χ4v) is 6.55. The first-order valence-electron chi connectivity index (χ1n) is 19.4. The molecule has 0 bridgehead atoms. The number of amides is 6. The second-order valence-corrected chi connectivity index (χ2v) is 15.0. The zero-order valence-electron chi connectivity index (χ0n) is 34.0. The van der Waals surface area contributed by atoms with Crippen molar-refractivity contribution in [1.29, 1.82) is 0 Å². The van der Waals surface area contributed by atoms with Crippen LogP contribution in [0.25, 0.3) is 10.9 Å². The Morgan fingerprint density at radius 1 is 0.710 bits per heavy atom. The molecule has 338 valence electrons. The average Bonchev–Trinajstić information content (AvgIpc) is 3.66. The van der Waals surface area contributed by atoms with E-state index in [2.05, 4.69) is 41.9 Å². The SMILES string of the molecule is CSCC[C@H](NC(=O)[C@H](CO)NC(=O)[C@H](Cc1ccc(O)cc1)NC(=O)[C@H](Cc1c[nH]c2ccccc12)NC(=O)[C@H](CO)NC(=O)CN)C(=O)N[C@@H](CCCN=C(N)N)C(=O)O. The normalized spacial score (nSPS) is 13.9. The number of aliphatic hydroxyl groups excluding tert-OH is 2. The number of nitrogens with two attached hydrogens (primary N) is 3. The highest BCUT2D eigenvalue weighted by Gasteiger charge is 2.33. The Bertz CT molecular complexity index is 2030. The Morgan fingerprint density at radius 3 is 1.82 bits per heavy atom. The molecule has 0 aliphatic rings. The number of guanidine groups is 1. The lowest BCUT2D eigenvalue weighted by molar-refractivity contribution is -0.142. The molecule has 62 heavy (non-hydrogen) atoms. The highest BCUT2D eigenvalue weighted by atomic mass is 32.2. The number of rotatable bonds is 26. The van der Waals surface area contributed by atoms with Crippen molar-refractivity contribution in [2.75, 3.05) is 38.3 Å². The lowest BCUT2D eigenvalue weighted by Crippen LogP contribution is -2.61. The van der Waals surface area contributed by atoms with Crippen molar-refractivity contribution < 1.29 is 54.0 Å². The zero-order valence-corrected chi connectivity index (χ0v) is 34.8. The zero-order chi connectivity index (χ0) is 45.8. The minimum Gasteiger partial charge on any atom is -0.508 e. The molecule has 3 aromatic rings. The number of phenolic OH excluding ortho intramolecular Hbond substituents is 1. The van der Waals surface area contributed by atoms with Crippen LogP contribution in [-0.4, -0.2) is 147 Å². The van der Waals surface area contributed by atoms with Gasteiger partial charge >= 0.3 is 5.97 Å². The number of hydrogen-bond acceptors (Lipinski definition) is 13. The summed E-state index contributed by atoms with van der Waals surface area (Å²) in [7, 11) is 0. The second-order valence-electron chi connectivity index (χ2n) is 14.0.